The number of hydrogen-bond acceptors (Lipinski definition) is 4. The zero-order chi connectivity index (χ0) is 4.28. The Bertz CT molecular complexity index is 50.5. The number of rotatable bonds is 0. The van der Waals surface area contributed by atoms with Gasteiger partial charge in [-0.1, -0.05) is 0 Å². The maximum absolute atomic E-state index is 7.40. The van der Waals surface area contributed by atoms with Crippen molar-refractivity contribution < 1.29 is 61.5 Å². The molecule has 0 unspecified atom stereocenters. The van der Waals surface area contributed by atoms with Crippen molar-refractivity contribution in [1.29, 1.82) is 0 Å². The van der Waals surface area contributed by atoms with Crippen molar-refractivity contribution in [3.05, 3.63) is 14.9 Å². The van der Waals surface area contributed by atoms with Crippen LogP contribution in [0.4, 0.5) is 0 Å². The minimum atomic E-state index is -0.273. The minimum absolute atomic E-state index is 0. The molecule has 1 N–H and O–H groups in total. The van der Waals surface area contributed by atoms with Crippen molar-refractivity contribution >= 4 is 29.2 Å². The average molecular weight is 178 g/mol. The molecule has 0 aromatic heterocycles. The van der Waals surface area contributed by atoms with E-state index in [0.29, 0.717) is 0 Å². The second-order valence-electron chi connectivity index (χ2n) is 0.341. The molecule has 0 saturated carbocycles. The topological polar surface area (TPSA) is 29.5 Å². The molecule has 2 nitrogen and oxygen atoms in total. The molecule has 0 spiro atoms. The first-order valence-electron chi connectivity index (χ1n) is 0.795. The van der Waals surface area contributed by atoms with Gasteiger partial charge in [-0.2, -0.15) is 0 Å². The van der Waals surface area contributed by atoms with Crippen LogP contribution in [0.3, 0.4) is 0 Å². The number of thiocarbonyl (C=S) groups is 1. The Hall–Kier alpha value is 1.71. The fraction of sp³-hybridized carbons (Fsp3) is 0. The van der Waals surface area contributed by atoms with E-state index in [9.17, 15) is 0 Å². The molecule has 0 aromatic carbocycles. The van der Waals surface area contributed by atoms with Crippen molar-refractivity contribution in [2.75, 3.05) is 0 Å². The molecule has 0 fully saturated rings. The van der Waals surface area contributed by atoms with Crippen molar-refractivity contribution in [3.8, 4) is 0 Å². The predicted octanol–water partition coefficient (Wildman–Crippen LogP) is -1.79. The second-order valence-corrected chi connectivity index (χ2v) is 1.34. The molecule has 0 heterocycles. The van der Waals surface area contributed by atoms with Gasteiger partial charge in [0.15, 0.2) is 0 Å². The van der Waals surface area contributed by atoms with Crippen molar-refractivity contribution in [3.63, 3.8) is 0 Å². The van der Waals surface area contributed by atoms with Crippen LogP contribution >= 0.6 is 12.2 Å². The maximum atomic E-state index is 7.40. The van der Waals surface area contributed by atoms with Crippen LogP contribution < -0.4 is 51.4 Å². The van der Waals surface area contributed by atoms with Gasteiger partial charge in [0, 0.05) is 0 Å². The van der Waals surface area contributed by atoms with Crippen LogP contribution in [-0.2, 0) is 17.5 Å². The summed E-state index contributed by atoms with van der Waals surface area (Å²) >= 11 is 8.08. The fourth-order valence-corrected chi connectivity index (χ4v) is 0. The van der Waals surface area contributed by atoms with Gasteiger partial charge in [0.05, 0.1) is 4.38 Å². The summed E-state index contributed by atoms with van der Waals surface area (Å²) in [6.45, 7) is 0. The van der Waals surface area contributed by atoms with Crippen molar-refractivity contribution in [2.45, 2.75) is 0 Å². The van der Waals surface area contributed by atoms with Gasteiger partial charge in [-0.05, 0) is 0 Å². The normalized spacial score (nSPS) is 4.12. The van der Waals surface area contributed by atoms with E-state index in [0.717, 1.165) is 0 Å². The van der Waals surface area contributed by atoms with Gasteiger partial charge in [-0.25, -0.2) is 5.26 Å². The third-order valence-electron chi connectivity index (χ3n) is 0.0745. The molecule has 0 rings (SSSR count). The van der Waals surface area contributed by atoms with Gasteiger partial charge >= 0.3 is 51.4 Å². The first-order chi connectivity index (χ1) is 2.27. The molecule has 0 radical (unpaired) electrons. The van der Waals surface area contributed by atoms with Gasteiger partial charge in [0.1, 0.15) is 0 Å². The molecule has 0 saturated heterocycles. The van der Waals surface area contributed by atoms with E-state index in [2.05, 4.69) is 29.7 Å². The van der Waals surface area contributed by atoms with Crippen molar-refractivity contribution in [2.24, 2.45) is 0 Å². The third kappa shape index (κ3) is 25.2. The smallest absolute Gasteiger partial charge is 0.387 e. The molecular formula is C3H7KO2S2-2. The predicted molar refractivity (Wildman–Crippen MR) is 36.5 cm³/mol. The van der Waals surface area contributed by atoms with Crippen LogP contribution in [0, 0.1) is 14.9 Å². The molecule has 0 amide bonds. The summed E-state index contributed by atoms with van der Waals surface area (Å²) < 4.78 is -0.273. The summed E-state index contributed by atoms with van der Waals surface area (Å²) in [5.41, 5.74) is 0. The molecule has 0 atom stereocenters. The van der Waals surface area contributed by atoms with Crippen molar-refractivity contribution in [1.82, 2.24) is 0 Å². The van der Waals surface area contributed by atoms with Crippen LogP contribution in [0.5, 0.6) is 0 Å². The summed E-state index contributed by atoms with van der Waals surface area (Å²) in [7, 11) is 0. The van der Waals surface area contributed by atoms with Crippen LogP contribution in [0.25, 0.3) is 0 Å². The molecular weight excluding hydrogens is 171 g/mol. The van der Waals surface area contributed by atoms with Gasteiger partial charge in [0.25, 0.3) is 0 Å². The largest absolute Gasteiger partial charge is 1.00 e. The standard InChI is InChI=1S/CH2O2S2.2CH3.K/c2-3-1(4)5;;;/h2H,(H,4,5);2*1H3;/q;2*-1;+1/p-1. The summed E-state index contributed by atoms with van der Waals surface area (Å²) in [5, 5.41) is 7.40. The SMILES string of the molecule is OOC(=S)[S-].[CH3-].[CH3-].[K+]. The summed E-state index contributed by atoms with van der Waals surface area (Å²) in [6.07, 6.45) is 0. The fourth-order valence-electron chi connectivity index (χ4n) is 0. The Kier molecular flexibility index (Phi) is 44.8. The minimum Gasteiger partial charge on any atom is -0.387 e. The molecule has 0 aromatic rings. The van der Waals surface area contributed by atoms with E-state index < -0.39 is 0 Å². The Morgan fingerprint density at radius 2 is 1.62 bits per heavy atom. The average Bonchev–Trinajstić information content (AvgIpc) is 1.38. The maximum Gasteiger partial charge on any atom is 1.00 e. The molecule has 0 aliphatic rings. The Morgan fingerprint density at radius 1 is 1.50 bits per heavy atom. The van der Waals surface area contributed by atoms with Gasteiger partial charge in [-0.15, -0.1) is 0 Å². The van der Waals surface area contributed by atoms with E-state index in [1.165, 1.54) is 0 Å². The monoisotopic (exact) mass is 178 g/mol. The first-order valence-corrected chi connectivity index (χ1v) is 1.61. The molecule has 46 valence electrons. The van der Waals surface area contributed by atoms with E-state index in [-0.39, 0.29) is 70.6 Å². The van der Waals surface area contributed by atoms with Crippen LogP contribution in [0.15, 0.2) is 0 Å². The second kappa shape index (κ2) is 15.9. The summed E-state index contributed by atoms with van der Waals surface area (Å²) in [4.78, 5) is 3.30. The zero-order valence-electron chi connectivity index (χ0n) is 5.17. The van der Waals surface area contributed by atoms with E-state index in [4.69, 9.17) is 5.26 Å². The van der Waals surface area contributed by atoms with E-state index in [1.54, 1.807) is 0 Å². The Labute approximate surface area is 104 Å². The van der Waals surface area contributed by atoms with Gasteiger partial charge in [0.2, 0.25) is 0 Å². The quantitative estimate of drug-likeness (QED) is 0.118. The first kappa shape index (κ1) is 22.6. The zero-order valence-corrected chi connectivity index (χ0v) is 9.93. The molecule has 0 aliphatic heterocycles. The Morgan fingerprint density at radius 3 is 1.62 bits per heavy atom. The molecule has 0 aliphatic carbocycles. The molecule has 5 heteroatoms. The van der Waals surface area contributed by atoms with Gasteiger partial charge in [-0.3, -0.25) is 0 Å². The van der Waals surface area contributed by atoms with E-state index in [1.807, 2.05) is 0 Å². The summed E-state index contributed by atoms with van der Waals surface area (Å²) in [5.74, 6) is 0. The Balaban J connectivity index is -0.0000000267. The van der Waals surface area contributed by atoms with Crippen LogP contribution in [0.1, 0.15) is 0 Å². The molecule has 0 bridgehead atoms. The summed E-state index contributed by atoms with van der Waals surface area (Å²) in [6, 6.07) is 0. The van der Waals surface area contributed by atoms with Gasteiger partial charge < -0.3 is 44.6 Å². The van der Waals surface area contributed by atoms with Crippen LogP contribution in [-0.4, -0.2) is 9.64 Å². The van der Waals surface area contributed by atoms with E-state index >= 15 is 0 Å². The third-order valence-corrected chi connectivity index (χ3v) is 0.224. The molecule has 8 heavy (non-hydrogen) atoms. The number of hydrogen-bond donors (Lipinski definition) is 1. The van der Waals surface area contributed by atoms with Crippen LogP contribution in [0.2, 0.25) is 0 Å².